The van der Waals surface area contributed by atoms with Crippen molar-refractivity contribution in [3.63, 3.8) is 0 Å². The zero-order chi connectivity index (χ0) is 18.7. The van der Waals surface area contributed by atoms with Crippen LogP contribution < -0.4 is 10.0 Å². The molecule has 0 saturated carbocycles. The molecule has 134 valence electrons. The fraction of sp³-hybridized carbons (Fsp3) is 0.316. The molecule has 2 aromatic carbocycles. The lowest BCUT2D eigenvalue weighted by Crippen LogP contribution is -2.33. The largest absolute Gasteiger partial charge is 0.325 e. The topological polar surface area (TPSA) is 75.3 Å². The molecular formula is C19H24N2O3S. The second kappa shape index (κ2) is 7.37. The van der Waals surface area contributed by atoms with Gasteiger partial charge in [0.15, 0.2) is 0 Å². The minimum absolute atomic E-state index is 0.134. The first kappa shape index (κ1) is 19.1. The Bertz CT molecular complexity index is 868. The maximum atomic E-state index is 12.3. The summed E-state index contributed by atoms with van der Waals surface area (Å²) < 4.78 is 27.0. The molecule has 0 aliphatic rings. The van der Waals surface area contributed by atoms with Crippen molar-refractivity contribution in [3.8, 4) is 0 Å². The molecule has 25 heavy (non-hydrogen) atoms. The number of anilines is 1. The van der Waals surface area contributed by atoms with E-state index in [0.29, 0.717) is 11.3 Å². The molecule has 6 heteroatoms. The molecule has 0 unspecified atom stereocenters. The highest BCUT2D eigenvalue weighted by atomic mass is 32.2. The molecule has 0 bridgehead atoms. The van der Waals surface area contributed by atoms with E-state index < -0.39 is 15.9 Å². The van der Waals surface area contributed by atoms with E-state index in [1.54, 1.807) is 25.1 Å². The van der Waals surface area contributed by atoms with Crippen LogP contribution in [0.15, 0.2) is 53.4 Å². The van der Waals surface area contributed by atoms with Crippen LogP contribution in [0.25, 0.3) is 0 Å². The third kappa shape index (κ3) is 4.90. The van der Waals surface area contributed by atoms with E-state index in [9.17, 15) is 13.2 Å². The van der Waals surface area contributed by atoms with Crippen molar-refractivity contribution in [2.24, 2.45) is 0 Å². The van der Waals surface area contributed by atoms with Crippen molar-refractivity contribution in [1.29, 1.82) is 0 Å². The van der Waals surface area contributed by atoms with Gasteiger partial charge in [0.2, 0.25) is 15.9 Å². The van der Waals surface area contributed by atoms with Crippen molar-refractivity contribution in [2.45, 2.75) is 38.0 Å². The Kier molecular flexibility index (Phi) is 5.65. The Hall–Kier alpha value is -2.18. The van der Waals surface area contributed by atoms with E-state index in [4.69, 9.17) is 0 Å². The van der Waals surface area contributed by atoms with Crippen LogP contribution in [0.4, 0.5) is 5.69 Å². The molecule has 0 atom stereocenters. The van der Waals surface area contributed by atoms with Crippen molar-refractivity contribution in [2.75, 3.05) is 11.9 Å². The van der Waals surface area contributed by atoms with E-state index in [-0.39, 0.29) is 16.9 Å². The Balaban J connectivity index is 2.09. The summed E-state index contributed by atoms with van der Waals surface area (Å²) in [5.74, 6) is -0.408. The quantitative estimate of drug-likeness (QED) is 0.860. The van der Waals surface area contributed by atoms with Crippen molar-refractivity contribution in [1.82, 2.24) is 4.72 Å². The number of amides is 1. The highest BCUT2D eigenvalue weighted by molar-refractivity contribution is 7.89. The highest BCUT2D eigenvalue weighted by Crippen LogP contribution is 2.29. The van der Waals surface area contributed by atoms with Gasteiger partial charge in [-0.1, -0.05) is 57.2 Å². The summed E-state index contributed by atoms with van der Waals surface area (Å²) >= 11 is 0. The fourth-order valence-electron chi connectivity index (χ4n) is 2.54. The van der Waals surface area contributed by atoms with Crippen molar-refractivity contribution in [3.05, 3.63) is 59.7 Å². The molecule has 0 aliphatic carbocycles. The Labute approximate surface area is 149 Å². The second-order valence-corrected chi connectivity index (χ2v) is 8.67. The van der Waals surface area contributed by atoms with Gasteiger partial charge in [0.25, 0.3) is 0 Å². The van der Waals surface area contributed by atoms with E-state index in [1.165, 1.54) is 6.07 Å². The number of carbonyl (C=O) groups is 1. The maximum Gasteiger partial charge on any atom is 0.241 e. The number of sulfonamides is 1. The number of benzene rings is 2. The van der Waals surface area contributed by atoms with Crippen molar-refractivity contribution < 1.29 is 13.2 Å². The number of hydrogen-bond acceptors (Lipinski definition) is 3. The lowest BCUT2D eigenvalue weighted by Gasteiger charge is -2.23. The molecular weight excluding hydrogens is 336 g/mol. The minimum atomic E-state index is -3.73. The predicted molar refractivity (Wildman–Crippen MR) is 100 cm³/mol. The smallest absolute Gasteiger partial charge is 0.241 e. The van der Waals surface area contributed by atoms with Crippen LogP contribution in [0.5, 0.6) is 0 Å². The van der Waals surface area contributed by atoms with Crippen LogP contribution in [0, 0.1) is 6.92 Å². The second-order valence-electron chi connectivity index (χ2n) is 6.93. The zero-order valence-corrected chi connectivity index (χ0v) is 15.8. The summed E-state index contributed by atoms with van der Waals surface area (Å²) in [6.45, 7) is 7.56. The molecule has 0 heterocycles. The highest BCUT2D eigenvalue weighted by Gasteiger charge is 2.20. The number of para-hydroxylation sites is 1. The first-order valence-corrected chi connectivity index (χ1v) is 9.54. The SMILES string of the molecule is Cc1ccccc1S(=O)(=O)NCC(=O)Nc1ccccc1C(C)(C)C. The van der Waals surface area contributed by atoms with Crippen LogP contribution in [0.1, 0.15) is 31.9 Å². The number of nitrogens with one attached hydrogen (secondary N) is 2. The molecule has 2 aromatic rings. The number of rotatable bonds is 5. The van der Waals surface area contributed by atoms with E-state index in [2.05, 4.69) is 30.8 Å². The lowest BCUT2D eigenvalue weighted by atomic mass is 9.86. The van der Waals surface area contributed by atoms with Crippen LogP contribution in [-0.2, 0) is 20.2 Å². The summed E-state index contributed by atoms with van der Waals surface area (Å²) in [6, 6.07) is 14.2. The fourth-order valence-corrected chi connectivity index (χ4v) is 3.76. The van der Waals surface area contributed by atoms with Gasteiger partial charge in [-0.3, -0.25) is 4.79 Å². The summed E-state index contributed by atoms with van der Waals surface area (Å²) in [5, 5.41) is 2.79. The van der Waals surface area contributed by atoms with Gasteiger partial charge in [-0.2, -0.15) is 0 Å². The molecule has 5 nitrogen and oxygen atoms in total. The third-order valence-corrected chi connectivity index (χ3v) is 5.38. The summed E-state index contributed by atoms with van der Waals surface area (Å²) in [4.78, 5) is 12.4. The first-order chi connectivity index (χ1) is 11.6. The number of aryl methyl sites for hydroxylation is 1. The normalized spacial score (nSPS) is 12.0. The van der Waals surface area contributed by atoms with Gasteiger partial charge in [-0.15, -0.1) is 0 Å². The first-order valence-electron chi connectivity index (χ1n) is 8.06. The number of hydrogen-bond donors (Lipinski definition) is 2. The zero-order valence-electron chi connectivity index (χ0n) is 15.0. The monoisotopic (exact) mass is 360 g/mol. The molecule has 2 N–H and O–H groups in total. The Morgan fingerprint density at radius 1 is 1.00 bits per heavy atom. The molecule has 0 saturated heterocycles. The summed E-state index contributed by atoms with van der Waals surface area (Å²) in [7, 11) is -3.73. The predicted octanol–water partition coefficient (Wildman–Crippen LogP) is 3.21. The summed E-state index contributed by atoms with van der Waals surface area (Å²) in [5.41, 5.74) is 2.18. The van der Waals surface area contributed by atoms with E-state index in [1.807, 2.05) is 24.3 Å². The van der Waals surface area contributed by atoms with Gasteiger partial charge in [-0.25, -0.2) is 13.1 Å². The average Bonchev–Trinajstić information content (AvgIpc) is 2.53. The molecule has 0 fully saturated rings. The maximum absolute atomic E-state index is 12.3. The number of carbonyl (C=O) groups excluding carboxylic acids is 1. The van der Waals surface area contributed by atoms with Gasteiger partial charge in [0.05, 0.1) is 11.4 Å². The summed E-state index contributed by atoms with van der Waals surface area (Å²) in [6.07, 6.45) is 0. The van der Waals surface area contributed by atoms with E-state index in [0.717, 1.165) is 5.56 Å². The molecule has 2 rings (SSSR count). The van der Waals surface area contributed by atoms with Crippen molar-refractivity contribution >= 4 is 21.6 Å². The standard InChI is InChI=1S/C19H24N2O3S/c1-14-9-5-8-12-17(14)25(23,24)20-13-18(22)21-16-11-7-6-10-15(16)19(2,3)4/h5-12,20H,13H2,1-4H3,(H,21,22). The van der Waals surface area contributed by atoms with Gasteiger partial charge < -0.3 is 5.32 Å². The minimum Gasteiger partial charge on any atom is -0.325 e. The van der Waals surface area contributed by atoms with Gasteiger partial charge >= 0.3 is 0 Å². The van der Waals surface area contributed by atoms with Crippen LogP contribution >= 0.6 is 0 Å². The molecule has 0 aliphatic heterocycles. The van der Waals surface area contributed by atoms with Gasteiger partial charge in [0.1, 0.15) is 0 Å². The lowest BCUT2D eigenvalue weighted by molar-refractivity contribution is -0.115. The Morgan fingerprint density at radius 2 is 1.60 bits per heavy atom. The Morgan fingerprint density at radius 3 is 2.24 bits per heavy atom. The van der Waals surface area contributed by atoms with Gasteiger partial charge in [0, 0.05) is 5.69 Å². The van der Waals surface area contributed by atoms with Crippen LogP contribution in [-0.4, -0.2) is 20.9 Å². The van der Waals surface area contributed by atoms with E-state index >= 15 is 0 Å². The third-order valence-electron chi connectivity index (χ3n) is 3.82. The van der Waals surface area contributed by atoms with Crippen LogP contribution in [0.3, 0.4) is 0 Å². The molecule has 1 amide bonds. The average molecular weight is 360 g/mol. The molecule has 0 radical (unpaired) electrons. The van der Waals surface area contributed by atoms with Gasteiger partial charge in [-0.05, 0) is 35.6 Å². The molecule has 0 spiro atoms. The van der Waals surface area contributed by atoms with Crippen LogP contribution in [0.2, 0.25) is 0 Å². The molecule has 0 aromatic heterocycles.